The molecule has 5 rings (SSSR count). The minimum Gasteiger partial charge on any atom is -0.497 e. The molecule has 9 heteroatoms. The van der Waals surface area contributed by atoms with Crippen molar-refractivity contribution in [3.8, 4) is 23.0 Å². The van der Waals surface area contributed by atoms with E-state index in [0.717, 1.165) is 0 Å². The minimum absolute atomic E-state index is 0.0914. The van der Waals surface area contributed by atoms with E-state index in [4.69, 9.17) is 23.7 Å². The summed E-state index contributed by atoms with van der Waals surface area (Å²) in [7, 11) is 1.54. The smallest absolute Gasteiger partial charge is 0.343 e. The Morgan fingerprint density at radius 2 is 0.911 bits per heavy atom. The Labute approximate surface area is 258 Å². The van der Waals surface area contributed by atoms with Crippen molar-refractivity contribution in [3.63, 3.8) is 0 Å². The molecule has 0 amide bonds. The van der Waals surface area contributed by atoms with Gasteiger partial charge in [0.1, 0.15) is 12.4 Å². The molecule has 0 saturated carbocycles. The lowest BCUT2D eigenvalue weighted by molar-refractivity contribution is 0.0469. The maximum Gasteiger partial charge on any atom is 0.343 e. The van der Waals surface area contributed by atoms with Crippen LogP contribution in [0.3, 0.4) is 0 Å². The molecule has 0 heterocycles. The predicted molar refractivity (Wildman–Crippen MR) is 163 cm³/mol. The van der Waals surface area contributed by atoms with Crippen LogP contribution in [0.5, 0.6) is 23.0 Å². The summed E-state index contributed by atoms with van der Waals surface area (Å²) in [5, 5.41) is 0. The molecular weight excluding hydrogens is 576 g/mol. The molecule has 224 valence electrons. The van der Waals surface area contributed by atoms with Crippen LogP contribution in [0, 0.1) is 0 Å². The molecule has 0 radical (unpaired) electrons. The van der Waals surface area contributed by atoms with Gasteiger partial charge in [-0.3, -0.25) is 0 Å². The van der Waals surface area contributed by atoms with Gasteiger partial charge in [0, 0.05) is 0 Å². The number of hydrogen-bond acceptors (Lipinski definition) is 9. The van der Waals surface area contributed by atoms with E-state index in [9.17, 15) is 19.2 Å². The van der Waals surface area contributed by atoms with E-state index in [2.05, 4.69) is 0 Å². The van der Waals surface area contributed by atoms with Gasteiger partial charge in [-0.05, 0) is 66.2 Å². The molecule has 0 bridgehead atoms. The summed E-state index contributed by atoms with van der Waals surface area (Å²) in [4.78, 5) is 52.7. The number of rotatable bonds is 10. The third-order valence-electron chi connectivity index (χ3n) is 6.41. The van der Waals surface area contributed by atoms with Crippen LogP contribution in [0.2, 0.25) is 0 Å². The quantitative estimate of drug-likeness (QED) is 0.127. The molecule has 0 aliphatic rings. The maximum atomic E-state index is 13.3. The zero-order valence-electron chi connectivity index (χ0n) is 24.0. The third kappa shape index (κ3) is 7.79. The monoisotopic (exact) mass is 602 g/mol. The summed E-state index contributed by atoms with van der Waals surface area (Å²) in [6.07, 6.45) is 0. The van der Waals surface area contributed by atoms with Crippen molar-refractivity contribution in [1.82, 2.24) is 0 Å². The van der Waals surface area contributed by atoms with Crippen molar-refractivity contribution in [2.24, 2.45) is 0 Å². The van der Waals surface area contributed by atoms with Crippen LogP contribution in [-0.2, 0) is 11.3 Å². The first kappa shape index (κ1) is 30.2. The summed E-state index contributed by atoms with van der Waals surface area (Å²) in [5.41, 5.74) is 1.11. The van der Waals surface area contributed by atoms with E-state index in [1.165, 1.54) is 48.5 Å². The van der Waals surface area contributed by atoms with E-state index in [1.807, 2.05) is 0 Å². The second-order valence-corrected chi connectivity index (χ2v) is 9.49. The standard InChI is InChI=1S/C36H26O9/c1-41-29-19-17-24(18-20-29)23-42-33(37)28-21-30(43-34(38)25-11-5-2-6-12-25)32(45-36(40)27-15-9-4-10-16-27)31(22-28)44-35(39)26-13-7-3-8-14-26/h2-22H,23H2,1H3. The van der Waals surface area contributed by atoms with E-state index in [0.29, 0.717) is 11.3 Å². The number of carbonyl (C=O) groups is 4. The van der Waals surface area contributed by atoms with Crippen LogP contribution in [-0.4, -0.2) is 31.0 Å². The topological polar surface area (TPSA) is 114 Å². The highest BCUT2D eigenvalue weighted by molar-refractivity contribution is 5.97. The van der Waals surface area contributed by atoms with Crippen LogP contribution in [0.25, 0.3) is 0 Å². The van der Waals surface area contributed by atoms with Crippen molar-refractivity contribution in [1.29, 1.82) is 0 Å². The largest absolute Gasteiger partial charge is 0.497 e. The fourth-order valence-corrected chi connectivity index (χ4v) is 4.09. The summed E-state index contributed by atoms with van der Waals surface area (Å²) >= 11 is 0. The molecule has 0 saturated heterocycles. The van der Waals surface area contributed by atoms with Gasteiger partial charge in [0.25, 0.3) is 0 Å². The zero-order chi connectivity index (χ0) is 31.6. The van der Waals surface area contributed by atoms with Crippen LogP contribution in [0.15, 0.2) is 127 Å². The molecule has 0 N–H and O–H groups in total. The van der Waals surface area contributed by atoms with Crippen molar-refractivity contribution in [2.45, 2.75) is 6.61 Å². The summed E-state index contributed by atoms with van der Waals surface area (Å²) in [6.45, 7) is -0.0914. The SMILES string of the molecule is COc1ccc(COC(=O)c2cc(OC(=O)c3ccccc3)c(OC(=O)c3ccccc3)c(OC(=O)c3ccccc3)c2)cc1. The average molecular weight is 603 g/mol. The molecule has 0 spiro atoms. The Morgan fingerprint density at radius 1 is 0.489 bits per heavy atom. The third-order valence-corrected chi connectivity index (χ3v) is 6.41. The fourth-order valence-electron chi connectivity index (χ4n) is 4.09. The van der Waals surface area contributed by atoms with Crippen molar-refractivity contribution in [3.05, 3.63) is 155 Å². The minimum atomic E-state index is -0.820. The molecule has 0 aliphatic carbocycles. The molecular formula is C36H26O9. The lowest BCUT2D eigenvalue weighted by Crippen LogP contribution is -2.16. The number of hydrogen-bond donors (Lipinski definition) is 0. The number of methoxy groups -OCH3 is 1. The Hall–Kier alpha value is -6.22. The highest BCUT2D eigenvalue weighted by Gasteiger charge is 2.26. The molecule has 5 aromatic carbocycles. The predicted octanol–water partition coefficient (Wildman–Crippen LogP) is 6.71. The molecule has 0 unspecified atom stereocenters. The van der Waals surface area contributed by atoms with Gasteiger partial charge in [-0.15, -0.1) is 0 Å². The fraction of sp³-hybridized carbons (Fsp3) is 0.0556. The molecule has 45 heavy (non-hydrogen) atoms. The van der Waals surface area contributed by atoms with Crippen molar-refractivity contribution >= 4 is 23.9 Å². The van der Waals surface area contributed by atoms with Crippen LogP contribution < -0.4 is 18.9 Å². The van der Waals surface area contributed by atoms with Gasteiger partial charge in [0.15, 0.2) is 11.5 Å². The van der Waals surface area contributed by atoms with Crippen LogP contribution in [0.4, 0.5) is 0 Å². The second-order valence-electron chi connectivity index (χ2n) is 9.49. The van der Waals surface area contributed by atoms with Gasteiger partial charge >= 0.3 is 23.9 Å². The number of ether oxygens (including phenoxy) is 5. The van der Waals surface area contributed by atoms with Crippen LogP contribution in [0.1, 0.15) is 47.0 Å². The molecule has 9 nitrogen and oxygen atoms in total. The zero-order valence-corrected chi connectivity index (χ0v) is 24.0. The van der Waals surface area contributed by atoms with Gasteiger partial charge in [-0.25, -0.2) is 19.2 Å². The summed E-state index contributed by atoms with van der Waals surface area (Å²) < 4.78 is 27.6. The maximum absolute atomic E-state index is 13.3. The number of benzene rings is 5. The molecule has 0 fully saturated rings. The lowest BCUT2D eigenvalue weighted by Gasteiger charge is -2.16. The van der Waals surface area contributed by atoms with E-state index in [-0.39, 0.29) is 46.1 Å². The first-order valence-electron chi connectivity index (χ1n) is 13.7. The Kier molecular flexibility index (Phi) is 9.61. The van der Waals surface area contributed by atoms with Gasteiger partial charge in [0.05, 0.1) is 29.4 Å². The summed E-state index contributed by atoms with van der Waals surface area (Å²) in [6, 6.07) is 33.5. The Bertz CT molecular complexity index is 1730. The highest BCUT2D eigenvalue weighted by atomic mass is 16.6. The molecule has 0 aromatic heterocycles. The van der Waals surface area contributed by atoms with Gasteiger partial charge < -0.3 is 23.7 Å². The van der Waals surface area contributed by atoms with Gasteiger partial charge in [0.2, 0.25) is 5.75 Å². The van der Waals surface area contributed by atoms with E-state index >= 15 is 0 Å². The van der Waals surface area contributed by atoms with Gasteiger partial charge in [-0.1, -0.05) is 66.7 Å². The molecule has 0 atom stereocenters. The number of carbonyl (C=O) groups excluding carboxylic acids is 4. The number of esters is 4. The Balaban J connectivity index is 1.54. The molecule has 5 aromatic rings. The van der Waals surface area contributed by atoms with E-state index < -0.39 is 23.9 Å². The van der Waals surface area contributed by atoms with Crippen molar-refractivity contribution < 1.29 is 42.9 Å². The summed E-state index contributed by atoms with van der Waals surface area (Å²) in [5.74, 6) is -3.69. The Morgan fingerprint density at radius 3 is 1.33 bits per heavy atom. The van der Waals surface area contributed by atoms with Crippen LogP contribution >= 0.6 is 0 Å². The first-order valence-corrected chi connectivity index (χ1v) is 13.7. The van der Waals surface area contributed by atoms with Crippen molar-refractivity contribution in [2.75, 3.05) is 7.11 Å². The first-order chi connectivity index (χ1) is 21.9. The van der Waals surface area contributed by atoms with E-state index in [1.54, 1.807) is 86.0 Å². The molecule has 0 aliphatic heterocycles. The lowest BCUT2D eigenvalue weighted by atomic mass is 10.1. The van der Waals surface area contributed by atoms with Gasteiger partial charge in [-0.2, -0.15) is 0 Å². The normalized spacial score (nSPS) is 10.3. The second kappa shape index (κ2) is 14.3. The average Bonchev–Trinajstić information content (AvgIpc) is 3.09. The highest BCUT2D eigenvalue weighted by Crippen LogP contribution is 2.41.